The number of halogens is 1. The molecule has 0 fully saturated rings. The predicted octanol–water partition coefficient (Wildman–Crippen LogP) is 2.31. The number of carboxylic acids is 1. The maximum atomic E-state index is 10.4. The zero-order chi connectivity index (χ0) is 12.7. The summed E-state index contributed by atoms with van der Waals surface area (Å²) < 4.78 is 0. The second-order valence-corrected chi connectivity index (χ2v) is 4.18. The number of benzene rings is 1. The standard InChI is InChI=1S/C12H14ClNO3/c1-9(12(15)16)14-17-8-11(13)7-10-5-3-2-4-6-10/h2-6,11H,7-8H2,1H3,(H,15,16)/b14-9-. The predicted molar refractivity (Wildman–Crippen MR) is 66.5 cm³/mol. The minimum atomic E-state index is -1.10. The molecule has 5 heteroatoms. The van der Waals surface area contributed by atoms with E-state index in [1.165, 1.54) is 6.92 Å². The van der Waals surface area contributed by atoms with Crippen molar-refractivity contribution in [3.8, 4) is 0 Å². The zero-order valence-corrected chi connectivity index (χ0v) is 10.2. The topological polar surface area (TPSA) is 58.9 Å². The van der Waals surface area contributed by atoms with Gasteiger partial charge < -0.3 is 9.94 Å². The summed E-state index contributed by atoms with van der Waals surface area (Å²) in [4.78, 5) is 15.3. The molecule has 1 unspecified atom stereocenters. The summed E-state index contributed by atoms with van der Waals surface area (Å²) >= 11 is 6.04. The molecular formula is C12H14ClNO3. The van der Waals surface area contributed by atoms with Crippen LogP contribution in [-0.4, -0.2) is 28.8 Å². The number of nitrogens with zero attached hydrogens (tertiary/aromatic N) is 1. The van der Waals surface area contributed by atoms with Crippen LogP contribution in [0, 0.1) is 0 Å². The molecule has 17 heavy (non-hydrogen) atoms. The molecule has 0 aliphatic rings. The second-order valence-electron chi connectivity index (χ2n) is 3.56. The van der Waals surface area contributed by atoms with Gasteiger partial charge in [0.25, 0.3) is 0 Å². The van der Waals surface area contributed by atoms with E-state index in [0.717, 1.165) is 5.56 Å². The number of oxime groups is 1. The molecule has 0 radical (unpaired) electrons. The summed E-state index contributed by atoms with van der Waals surface area (Å²) in [5.74, 6) is -1.10. The molecule has 0 aliphatic heterocycles. The Balaban J connectivity index is 2.34. The SMILES string of the molecule is C/C(=N/OCC(Cl)Cc1ccccc1)C(=O)O. The van der Waals surface area contributed by atoms with Crippen molar-refractivity contribution in [1.29, 1.82) is 0 Å². The normalized spacial score (nSPS) is 13.2. The third-order valence-electron chi connectivity index (χ3n) is 2.07. The maximum absolute atomic E-state index is 10.4. The van der Waals surface area contributed by atoms with Crippen molar-refractivity contribution in [1.82, 2.24) is 0 Å². The number of hydrogen-bond acceptors (Lipinski definition) is 3. The van der Waals surface area contributed by atoms with Crippen LogP contribution in [0.25, 0.3) is 0 Å². The first-order valence-electron chi connectivity index (χ1n) is 5.17. The van der Waals surface area contributed by atoms with Gasteiger partial charge in [-0.25, -0.2) is 4.79 Å². The maximum Gasteiger partial charge on any atom is 0.353 e. The Labute approximate surface area is 105 Å². The van der Waals surface area contributed by atoms with E-state index in [9.17, 15) is 4.79 Å². The molecule has 0 saturated carbocycles. The van der Waals surface area contributed by atoms with Crippen LogP contribution in [-0.2, 0) is 16.1 Å². The lowest BCUT2D eigenvalue weighted by molar-refractivity contribution is -0.129. The largest absolute Gasteiger partial charge is 0.477 e. The number of aliphatic carboxylic acids is 1. The highest BCUT2D eigenvalue weighted by molar-refractivity contribution is 6.34. The Bertz CT molecular complexity index is 392. The minimum Gasteiger partial charge on any atom is -0.477 e. The van der Waals surface area contributed by atoms with Crippen molar-refractivity contribution in [2.75, 3.05) is 6.61 Å². The van der Waals surface area contributed by atoms with E-state index in [-0.39, 0.29) is 17.7 Å². The number of carboxylic acid groups (broad SMARTS) is 1. The lowest BCUT2D eigenvalue weighted by Crippen LogP contribution is -2.13. The van der Waals surface area contributed by atoms with Crippen molar-refractivity contribution < 1.29 is 14.7 Å². The van der Waals surface area contributed by atoms with Gasteiger partial charge in [-0.3, -0.25) is 0 Å². The van der Waals surface area contributed by atoms with Crippen LogP contribution >= 0.6 is 11.6 Å². The molecule has 0 heterocycles. The highest BCUT2D eigenvalue weighted by Crippen LogP contribution is 2.08. The van der Waals surface area contributed by atoms with Gasteiger partial charge in [-0.15, -0.1) is 11.6 Å². The Morgan fingerprint density at radius 1 is 1.47 bits per heavy atom. The van der Waals surface area contributed by atoms with Gasteiger partial charge in [-0.05, 0) is 18.9 Å². The summed E-state index contributed by atoms with van der Waals surface area (Å²) in [6, 6.07) is 9.76. The van der Waals surface area contributed by atoms with Crippen LogP contribution in [0.5, 0.6) is 0 Å². The van der Waals surface area contributed by atoms with Crippen molar-refractivity contribution in [3.63, 3.8) is 0 Å². The van der Waals surface area contributed by atoms with Crippen LogP contribution in [0.2, 0.25) is 0 Å². The quantitative estimate of drug-likeness (QED) is 0.482. The lowest BCUT2D eigenvalue weighted by atomic mass is 10.1. The molecule has 1 N–H and O–H groups in total. The smallest absolute Gasteiger partial charge is 0.353 e. The van der Waals surface area contributed by atoms with E-state index in [2.05, 4.69) is 5.16 Å². The van der Waals surface area contributed by atoms with Crippen molar-refractivity contribution >= 4 is 23.3 Å². The molecule has 0 bridgehead atoms. The monoisotopic (exact) mass is 255 g/mol. The highest BCUT2D eigenvalue weighted by atomic mass is 35.5. The summed E-state index contributed by atoms with van der Waals surface area (Å²) in [7, 11) is 0. The summed E-state index contributed by atoms with van der Waals surface area (Å²) in [5, 5.41) is 11.7. The van der Waals surface area contributed by atoms with Crippen molar-refractivity contribution in [3.05, 3.63) is 35.9 Å². The van der Waals surface area contributed by atoms with Gasteiger partial charge in [0.2, 0.25) is 0 Å². The van der Waals surface area contributed by atoms with E-state index in [4.69, 9.17) is 21.5 Å². The molecule has 0 aliphatic carbocycles. The van der Waals surface area contributed by atoms with Gasteiger partial charge in [-0.2, -0.15) is 0 Å². The first-order chi connectivity index (χ1) is 8.09. The van der Waals surface area contributed by atoms with Gasteiger partial charge in [0.15, 0.2) is 5.71 Å². The van der Waals surface area contributed by atoms with Crippen LogP contribution in [0.4, 0.5) is 0 Å². The molecular weight excluding hydrogens is 242 g/mol. The Kier molecular flexibility index (Phi) is 5.49. The van der Waals surface area contributed by atoms with E-state index < -0.39 is 5.97 Å². The average molecular weight is 256 g/mol. The molecule has 0 spiro atoms. The summed E-state index contributed by atoms with van der Waals surface area (Å²) in [5.41, 5.74) is 1.02. The van der Waals surface area contributed by atoms with Gasteiger partial charge in [0.05, 0.1) is 5.38 Å². The number of hydrogen-bond donors (Lipinski definition) is 1. The number of carbonyl (C=O) groups is 1. The Morgan fingerprint density at radius 3 is 2.71 bits per heavy atom. The summed E-state index contributed by atoms with van der Waals surface area (Å²) in [6.45, 7) is 1.55. The van der Waals surface area contributed by atoms with Gasteiger partial charge >= 0.3 is 5.97 Å². The van der Waals surface area contributed by atoms with Gasteiger partial charge in [-0.1, -0.05) is 35.5 Å². The first kappa shape index (κ1) is 13.5. The fraction of sp³-hybridized carbons (Fsp3) is 0.333. The van der Waals surface area contributed by atoms with Crippen LogP contribution < -0.4 is 0 Å². The molecule has 92 valence electrons. The third-order valence-corrected chi connectivity index (χ3v) is 2.35. The third kappa shape index (κ3) is 5.36. The fourth-order valence-corrected chi connectivity index (χ4v) is 1.42. The van der Waals surface area contributed by atoms with E-state index in [0.29, 0.717) is 6.42 Å². The average Bonchev–Trinajstić information content (AvgIpc) is 2.30. The Hall–Kier alpha value is -1.55. The fourth-order valence-electron chi connectivity index (χ4n) is 1.18. The molecule has 1 aromatic carbocycles. The van der Waals surface area contributed by atoms with Crippen LogP contribution in [0.3, 0.4) is 0 Å². The van der Waals surface area contributed by atoms with Crippen molar-refractivity contribution in [2.45, 2.75) is 18.7 Å². The van der Waals surface area contributed by atoms with Gasteiger partial charge in [0, 0.05) is 0 Å². The summed E-state index contributed by atoms with van der Waals surface area (Å²) in [6.07, 6.45) is 0.657. The molecule has 0 amide bonds. The molecule has 0 saturated heterocycles. The number of rotatable bonds is 6. The molecule has 1 rings (SSSR count). The molecule has 0 aromatic heterocycles. The Morgan fingerprint density at radius 2 is 2.12 bits per heavy atom. The van der Waals surface area contributed by atoms with E-state index >= 15 is 0 Å². The van der Waals surface area contributed by atoms with Crippen LogP contribution in [0.1, 0.15) is 12.5 Å². The molecule has 1 atom stereocenters. The van der Waals surface area contributed by atoms with Crippen LogP contribution in [0.15, 0.2) is 35.5 Å². The first-order valence-corrected chi connectivity index (χ1v) is 5.61. The molecule has 4 nitrogen and oxygen atoms in total. The highest BCUT2D eigenvalue weighted by Gasteiger charge is 2.07. The van der Waals surface area contributed by atoms with E-state index in [1.54, 1.807) is 0 Å². The molecule has 1 aromatic rings. The minimum absolute atomic E-state index is 0.0893. The van der Waals surface area contributed by atoms with E-state index in [1.807, 2.05) is 30.3 Å². The second kappa shape index (κ2) is 6.91. The lowest BCUT2D eigenvalue weighted by Gasteiger charge is -2.07. The van der Waals surface area contributed by atoms with Crippen molar-refractivity contribution in [2.24, 2.45) is 5.16 Å². The van der Waals surface area contributed by atoms with Gasteiger partial charge in [0.1, 0.15) is 6.61 Å². The number of alkyl halides is 1. The zero-order valence-electron chi connectivity index (χ0n) is 9.47.